The van der Waals surface area contributed by atoms with Crippen molar-refractivity contribution in [3.63, 3.8) is 0 Å². The van der Waals surface area contributed by atoms with E-state index in [2.05, 4.69) is 4.98 Å². The third kappa shape index (κ3) is 4.03. The zero-order valence-corrected chi connectivity index (χ0v) is 11.9. The summed E-state index contributed by atoms with van der Waals surface area (Å²) in [5.74, 6) is 0.652. The molecule has 4 heteroatoms. The quantitative estimate of drug-likeness (QED) is 0.911. The number of anilines is 1. The molecule has 0 amide bonds. The maximum Gasteiger partial charge on any atom is 0.128 e. The van der Waals surface area contributed by atoms with Gasteiger partial charge in [-0.3, -0.25) is 0 Å². The van der Waals surface area contributed by atoms with Crippen LogP contribution in [0.5, 0.6) is 0 Å². The Kier molecular flexibility index (Phi) is 4.69. The molecule has 1 aromatic carbocycles. The fraction of sp³-hybridized carbons (Fsp3) is 0.312. The molecule has 1 unspecified atom stereocenters. The Morgan fingerprint density at radius 3 is 2.65 bits per heavy atom. The fourth-order valence-electron chi connectivity index (χ4n) is 2.13. The molecule has 20 heavy (non-hydrogen) atoms. The van der Waals surface area contributed by atoms with Crippen molar-refractivity contribution in [2.75, 3.05) is 11.9 Å². The van der Waals surface area contributed by atoms with Gasteiger partial charge in [0, 0.05) is 25.8 Å². The highest BCUT2D eigenvalue weighted by atomic mass is 19.1. The standard InChI is InChI=1S/C16H20FN3/c1-12(18)8-13-6-7-16(19-10-13)20(2)11-14-4-3-5-15(17)9-14/h3-7,9-10,12H,8,11,18H2,1-2H3. The van der Waals surface area contributed by atoms with Crippen LogP contribution in [0.25, 0.3) is 0 Å². The topological polar surface area (TPSA) is 42.1 Å². The van der Waals surface area contributed by atoms with Gasteiger partial charge in [-0.1, -0.05) is 18.2 Å². The van der Waals surface area contributed by atoms with Crippen LogP contribution in [0.4, 0.5) is 10.2 Å². The van der Waals surface area contributed by atoms with Gasteiger partial charge in [-0.2, -0.15) is 0 Å². The smallest absolute Gasteiger partial charge is 0.128 e. The van der Waals surface area contributed by atoms with Gasteiger partial charge in [0.2, 0.25) is 0 Å². The molecule has 0 fully saturated rings. The molecule has 0 saturated heterocycles. The average Bonchev–Trinajstić information content (AvgIpc) is 2.38. The zero-order chi connectivity index (χ0) is 14.5. The van der Waals surface area contributed by atoms with Crippen molar-refractivity contribution in [3.05, 3.63) is 59.5 Å². The molecular formula is C16H20FN3. The van der Waals surface area contributed by atoms with Crippen LogP contribution in [0.1, 0.15) is 18.1 Å². The lowest BCUT2D eigenvalue weighted by molar-refractivity contribution is 0.625. The normalized spacial score (nSPS) is 12.2. The van der Waals surface area contributed by atoms with Gasteiger partial charge in [0.1, 0.15) is 11.6 Å². The summed E-state index contributed by atoms with van der Waals surface area (Å²) >= 11 is 0. The Morgan fingerprint density at radius 1 is 1.25 bits per heavy atom. The number of aromatic nitrogens is 1. The number of hydrogen-bond acceptors (Lipinski definition) is 3. The number of nitrogens with two attached hydrogens (primary N) is 1. The molecule has 0 bridgehead atoms. The van der Waals surface area contributed by atoms with E-state index in [0.717, 1.165) is 23.4 Å². The molecule has 1 atom stereocenters. The highest BCUT2D eigenvalue weighted by Crippen LogP contribution is 2.14. The van der Waals surface area contributed by atoms with Crippen molar-refractivity contribution in [1.82, 2.24) is 4.98 Å². The maximum atomic E-state index is 13.1. The van der Waals surface area contributed by atoms with E-state index in [9.17, 15) is 4.39 Å². The second kappa shape index (κ2) is 6.48. The van der Waals surface area contributed by atoms with Crippen molar-refractivity contribution in [3.8, 4) is 0 Å². The first-order chi connectivity index (χ1) is 9.54. The summed E-state index contributed by atoms with van der Waals surface area (Å²) in [5.41, 5.74) is 7.82. The molecule has 0 radical (unpaired) electrons. The number of hydrogen-bond donors (Lipinski definition) is 1. The first kappa shape index (κ1) is 14.5. The second-order valence-corrected chi connectivity index (χ2v) is 5.19. The van der Waals surface area contributed by atoms with E-state index < -0.39 is 0 Å². The Balaban J connectivity index is 2.03. The van der Waals surface area contributed by atoms with E-state index in [1.807, 2.05) is 43.3 Å². The van der Waals surface area contributed by atoms with Crippen LogP contribution < -0.4 is 10.6 Å². The van der Waals surface area contributed by atoms with E-state index in [-0.39, 0.29) is 11.9 Å². The van der Waals surface area contributed by atoms with Crippen molar-refractivity contribution in [1.29, 1.82) is 0 Å². The van der Waals surface area contributed by atoms with E-state index >= 15 is 0 Å². The van der Waals surface area contributed by atoms with E-state index in [4.69, 9.17) is 5.73 Å². The summed E-state index contributed by atoms with van der Waals surface area (Å²) < 4.78 is 13.1. The fourth-order valence-corrected chi connectivity index (χ4v) is 2.13. The number of benzene rings is 1. The first-order valence-electron chi connectivity index (χ1n) is 6.70. The van der Waals surface area contributed by atoms with Gasteiger partial charge >= 0.3 is 0 Å². The Hall–Kier alpha value is -1.94. The van der Waals surface area contributed by atoms with Crippen LogP contribution in [0, 0.1) is 5.82 Å². The number of rotatable bonds is 5. The lowest BCUT2D eigenvalue weighted by Gasteiger charge is -2.18. The molecule has 0 aliphatic carbocycles. The van der Waals surface area contributed by atoms with E-state index in [1.165, 1.54) is 6.07 Å². The van der Waals surface area contributed by atoms with Crippen LogP contribution in [0.15, 0.2) is 42.6 Å². The van der Waals surface area contributed by atoms with Crippen LogP contribution >= 0.6 is 0 Å². The third-order valence-corrected chi connectivity index (χ3v) is 3.07. The average molecular weight is 273 g/mol. The summed E-state index contributed by atoms with van der Waals surface area (Å²) in [5, 5.41) is 0. The van der Waals surface area contributed by atoms with Crippen LogP contribution in [0.3, 0.4) is 0 Å². The molecule has 106 valence electrons. The monoisotopic (exact) mass is 273 g/mol. The molecular weight excluding hydrogens is 253 g/mol. The summed E-state index contributed by atoms with van der Waals surface area (Å²) in [4.78, 5) is 6.42. The Morgan fingerprint density at radius 2 is 2.05 bits per heavy atom. The summed E-state index contributed by atoms with van der Waals surface area (Å²) in [7, 11) is 1.94. The van der Waals surface area contributed by atoms with E-state index in [1.54, 1.807) is 12.1 Å². The second-order valence-electron chi connectivity index (χ2n) is 5.19. The number of nitrogens with zero attached hydrogens (tertiary/aromatic N) is 2. The summed E-state index contributed by atoms with van der Waals surface area (Å²) in [6.07, 6.45) is 2.67. The van der Waals surface area contributed by atoms with Crippen molar-refractivity contribution >= 4 is 5.82 Å². The lowest BCUT2D eigenvalue weighted by atomic mass is 10.1. The minimum Gasteiger partial charge on any atom is -0.355 e. The molecule has 2 N–H and O–H groups in total. The van der Waals surface area contributed by atoms with Crippen molar-refractivity contribution < 1.29 is 4.39 Å². The summed E-state index contributed by atoms with van der Waals surface area (Å²) in [6, 6.07) is 10.8. The first-order valence-corrected chi connectivity index (χ1v) is 6.70. The lowest BCUT2D eigenvalue weighted by Crippen LogP contribution is -2.19. The predicted octanol–water partition coefficient (Wildman–Crippen LogP) is 2.75. The Bertz CT molecular complexity index is 552. The van der Waals surface area contributed by atoms with Gasteiger partial charge < -0.3 is 10.6 Å². The molecule has 1 heterocycles. The van der Waals surface area contributed by atoms with Gasteiger partial charge in [-0.15, -0.1) is 0 Å². The Labute approximate surface area is 119 Å². The number of halogens is 1. The highest BCUT2D eigenvalue weighted by Gasteiger charge is 2.05. The SMILES string of the molecule is CC(N)Cc1ccc(N(C)Cc2cccc(F)c2)nc1. The predicted molar refractivity (Wildman–Crippen MR) is 80.1 cm³/mol. The number of pyridine rings is 1. The largest absolute Gasteiger partial charge is 0.355 e. The van der Waals surface area contributed by atoms with E-state index in [0.29, 0.717) is 6.54 Å². The molecule has 0 aliphatic heterocycles. The summed E-state index contributed by atoms with van der Waals surface area (Å²) in [6.45, 7) is 2.60. The van der Waals surface area contributed by atoms with Gasteiger partial charge in [0.15, 0.2) is 0 Å². The van der Waals surface area contributed by atoms with Crippen molar-refractivity contribution in [2.24, 2.45) is 5.73 Å². The van der Waals surface area contributed by atoms with Gasteiger partial charge in [0.25, 0.3) is 0 Å². The zero-order valence-electron chi connectivity index (χ0n) is 11.9. The highest BCUT2D eigenvalue weighted by molar-refractivity contribution is 5.39. The van der Waals surface area contributed by atoms with Gasteiger partial charge in [-0.05, 0) is 42.7 Å². The van der Waals surface area contributed by atoms with Crippen molar-refractivity contribution in [2.45, 2.75) is 25.9 Å². The minimum atomic E-state index is -0.212. The molecule has 1 aromatic heterocycles. The minimum absolute atomic E-state index is 0.132. The third-order valence-electron chi connectivity index (χ3n) is 3.07. The molecule has 0 aliphatic rings. The molecule has 3 nitrogen and oxygen atoms in total. The van der Waals surface area contributed by atoms with Crippen LogP contribution in [0.2, 0.25) is 0 Å². The molecule has 2 aromatic rings. The van der Waals surface area contributed by atoms with Gasteiger partial charge in [0.05, 0.1) is 0 Å². The van der Waals surface area contributed by atoms with Gasteiger partial charge in [-0.25, -0.2) is 9.37 Å². The van der Waals surface area contributed by atoms with Crippen LogP contribution in [-0.4, -0.2) is 18.1 Å². The molecule has 0 saturated carbocycles. The molecule has 0 spiro atoms. The molecule has 2 rings (SSSR count). The van der Waals surface area contributed by atoms with Crippen LogP contribution in [-0.2, 0) is 13.0 Å². The maximum absolute atomic E-state index is 13.1.